The molecule has 0 bridgehead atoms. The van der Waals surface area contributed by atoms with Crippen LogP contribution in [0, 0.1) is 5.82 Å². The maximum Gasteiger partial charge on any atom is 0.191 e. The monoisotopic (exact) mass is 438 g/mol. The quantitative estimate of drug-likeness (QED) is 0.284. The Morgan fingerprint density at radius 1 is 1.39 bits per heavy atom. The Labute approximate surface area is 155 Å². The fourth-order valence-corrected chi connectivity index (χ4v) is 2.12. The van der Waals surface area contributed by atoms with Crippen molar-refractivity contribution in [2.45, 2.75) is 19.4 Å². The molecule has 0 saturated heterocycles. The highest BCUT2D eigenvalue weighted by molar-refractivity contribution is 14.0. The van der Waals surface area contributed by atoms with Crippen LogP contribution in [0.15, 0.2) is 29.3 Å². The van der Waals surface area contributed by atoms with Gasteiger partial charge in [-0.15, -0.1) is 24.0 Å². The summed E-state index contributed by atoms with van der Waals surface area (Å²) in [6.07, 6.45) is 0.879. The highest BCUT2D eigenvalue weighted by atomic mass is 127. The minimum absolute atomic E-state index is 0. The molecule has 1 unspecified atom stereocenters. The lowest BCUT2D eigenvalue weighted by atomic mass is 10.2. The highest BCUT2D eigenvalue weighted by Crippen LogP contribution is 2.16. The summed E-state index contributed by atoms with van der Waals surface area (Å²) in [7, 11) is 5.30. The average Bonchev–Trinajstić information content (AvgIpc) is 2.50. The first-order valence-electron chi connectivity index (χ1n) is 7.50. The first-order valence-corrected chi connectivity index (χ1v) is 7.50. The van der Waals surface area contributed by atoms with E-state index in [-0.39, 0.29) is 35.8 Å². The van der Waals surface area contributed by atoms with Gasteiger partial charge in [-0.3, -0.25) is 4.99 Å². The van der Waals surface area contributed by atoms with Gasteiger partial charge in [-0.2, -0.15) is 0 Å². The Kier molecular flexibility index (Phi) is 11.8. The van der Waals surface area contributed by atoms with E-state index in [0.717, 1.165) is 25.5 Å². The van der Waals surface area contributed by atoms with Gasteiger partial charge in [-0.05, 0) is 25.5 Å². The van der Waals surface area contributed by atoms with E-state index in [9.17, 15) is 4.39 Å². The van der Waals surface area contributed by atoms with Crippen molar-refractivity contribution < 1.29 is 9.13 Å². The summed E-state index contributed by atoms with van der Waals surface area (Å²) in [5, 5.41) is 6.48. The second-order valence-electron chi connectivity index (χ2n) is 5.23. The van der Waals surface area contributed by atoms with Crippen LogP contribution >= 0.6 is 24.0 Å². The summed E-state index contributed by atoms with van der Waals surface area (Å²) in [5.41, 5.74) is 0.624. The molecular weight excluding hydrogens is 410 g/mol. The summed E-state index contributed by atoms with van der Waals surface area (Å²) < 4.78 is 18.7. The Bertz CT molecular complexity index is 473. The predicted octanol–water partition coefficient (Wildman–Crippen LogP) is 2.47. The number of hydrogen-bond acceptors (Lipinski definition) is 3. The Balaban J connectivity index is 0.00000484. The van der Waals surface area contributed by atoms with Crippen LogP contribution in [0.4, 0.5) is 10.1 Å². The molecule has 0 aliphatic rings. The van der Waals surface area contributed by atoms with Gasteiger partial charge in [0.2, 0.25) is 0 Å². The molecule has 7 heteroatoms. The van der Waals surface area contributed by atoms with Crippen LogP contribution in [-0.4, -0.2) is 52.9 Å². The lowest BCUT2D eigenvalue weighted by molar-refractivity contribution is 0.179. The Morgan fingerprint density at radius 3 is 2.70 bits per heavy atom. The van der Waals surface area contributed by atoms with Crippen LogP contribution in [-0.2, 0) is 4.74 Å². The standard InChI is InChI=1S/C16H27FN4O.HI/c1-13(12-22-4)20-16(18-2)19-10-7-11-21(3)15-9-6-5-8-14(15)17;/h5-6,8-9,13H,7,10-12H2,1-4H3,(H2,18,19,20);1H. The average molecular weight is 438 g/mol. The second-order valence-corrected chi connectivity index (χ2v) is 5.23. The zero-order valence-electron chi connectivity index (χ0n) is 14.3. The molecule has 1 aromatic rings. The number of nitrogens with one attached hydrogen (secondary N) is 2. The minimum Gasteiger partial charge on any atom is -0.383 e. The number of nitrogens with zero attached hydrogens (tertiary/aromatic N) is 2. The van der Waals surface area contributed by atoms with Crippen LogP contribution in [0.5, 0.6) is 0 Å². The smallest absolute Gasteiger partial charge is 0.191 e. The fraction of sp³-hybridized carbons (Fsp3) is 0.562. The molecule has 132 valence electrons. The molecule has 2 N–H and O–H groups in total. The summed E-state index contributed by atoms with van der Waals surface area (Å²) in [5.74, 6) is 0.557. The zero-order chi connectivity index (χ0) is 16.4. The minimum atomic E-state index is -0.191. The van der Waals surface area contributed by atoms with E-state index in [1.54, 1.807) is 26.3 Å². The number of guanidine groups is 1. The van der Waals surface area contributed by atoms with Crippen molar-refractivity contribution in [3.05, 3.63) is 30.1 Å². The van der Waals surface area contributed by atoms with Gasteiger partial charge in [-0.25, -0.2) is 4.39 Å². The van der Waals surface area contributed by atoms with Gasteiger partial charge < -0.3 is 20.3 Å². The number of methoxy groups -OCH3 is 1. The summed E-state index contributed by atoms with van der Waals surface area (Å²) in [6.45, 7) is 4.18. The Hall–Kier alpha value is -1.09. The molecule has 0 amide bonds. The van der Waals surface area contributed by atoms with Gasteiger partial charge in [0, 0.05) is 40.3 Å². The molecule has 0 aromatic heterocycles. The number of ether oxygens (including phenoxy) is 1. The van der Waals surface area contributed by atoms with E-state index < -0.39 is 0 Å². The van der Waals surface area contributed by atoms with Crippen LogP contribution < -0.4 is 15.5 Å². The number of anilines is 1. The van der Waals surface area contributed by atoms with E-state index >= 15 is 0 Å². The zero-order valence-corrected chi connectivity index (χ0v) is 16.6. The van der Waals surface area contributed by atoms with Crippen molar-refractivity contribution in [2.75, 3.05) is 45.8 Å². The molecule has 1 rings (SSSR count). The largest absolute Gasteiger partial charge is 0.383 e. The third-order valence-electron chi connectivity index (χ3n) is 3.25. The van der Waals surface area contributed by atoms with E-state index in [0.29, 0.717) is 12.3 Å². The van der Waals surface area contributed by atoms with Crippen molar-refractivity contribution in [1.29, 1.82) is 0 Å². The number of halogens is 2. The Morgan fingerprint density at radius 2 is 2.09 bits per heavy atom. The maximum atomic E-state index is 13.6. The molecule has 0 radical (unpaired) electrons. The lowest BCUT2D eigenvalue weighted by Gasteiger charge is -2.21. The summed E-state index contributed by atoms with van der Waals surface area (Å²) in [6, 6.07) is 7.00. The van der Waals surface area contributed by atoms with Gasteiger partial charge in [0.1, 0.15) is 5.82 Å². The van der Waals surface area contributed by atoms with Crippen LogP contribution in [0.2, 0.25) is 0 Å². The second kappa shape index (κ2) is 12.3. The molecule has 0 saturated carbocycles. The van der Waals surface area contributed by atoms with Gasteiger partial charge in [0.25, 0.3) is 0 Å². The first kappa shape index (κ1) is 21.9. The molecule has 0 aliphatic heterocycles. The van der Waals surface area contributed by atoms with Crippen LogP contribution in [0.3, 0.4) is 0 Å². The molecule has 23 heavy (non-hydrogen) atoms. The van der Waals surface area contributed by atoms with Gasteiger partial charge in [0.05, 0.1) is 12.3 Å². The molecule has 1 atom stereocenters. The van der Waals surface area contributed by atoms with E-state index in [1.165, 1.54) is 6.07 Å². The van der Waals surface area contributed by atoms with Gasteiger partial charge >= 0.3 is 0 Å². The third kappa shape index (κ3) is 8.36. The third-order valence-corrected chi connectivity index (χ3v) is 3.25. The molecular formula is C16H28FIN4O. The van der Waals surface area contributed by atoms with Crippen molar-refractivity contribution in [2.24, 2.45) is 4.99 Å². The van der Waals surface area contributed by atoms with Gasteiger partial charge in [-0.1, -0.05) is 12.1 Å². The van der Waals surface area contributed by atoms with Crippen molar-refractivity contribution >= 4 is 35.6 Å². The van der Waals surface area contributed by atoms with Crippen molar-refractivity contribution in [1.82, 2.24) is 10.6 Å². The normalized spacial score (nSPS) is 12.3. The summed E-state index contributed by atoms with van der Waals surface area (Å²) >= 11 is 0. The number of aliphatic imine (C=N–C) groups is 1. The predicted molar refractivity (Wildman–Crippen MR) is 106 cm³/mol. The van der Waals surface area contributed by atoms with E-state index in [4.69, 9.17) is 4.74 Å². The molecule has 0 fully saturated rings. The topological polar surface area (TPSA) is 48.9 Å². The van der Waals surface area contributed by atoms with Crippen molar-refractivity contribution in [3.63, 3.8) is 0 Å². The number of para-hydroxylation sites is 1. The fourth-order valence-electron chi connectivity index (χ4n) is 2.12. The summed E-state index contributed by atoms with van der Waals surface area (Å²) in [4.78, 5) is 6.08. The molecule has 0 aliphatic carbocycles. The maximum absolute atomic E-state index is 13.6. The van der Waals surface area contributed by atoms with Crippen LogP contribution in [0.1, 0.15) is 13.3 Å². The lowest BCUT2D eigenvalue weighted by Crippen LogP contribution is -2.44. The number of benzene rings is 1. The molecule has 0 heterocycles. The molecule has 0 spiro atoms. The number of hydrogen-bond donors (Lipinski definition) is 2. The van der Waals surface area contributed by atoms with E-state index in [1.807, 2.05) is 24.9 Å². The van der Waals surface area contributed by atoms with Crippen LogP contribution in [0.25, 0.3) is 0 Å². The SMILES string of the molecule is CN=C(NCCCN(C)c1ccccc1F)NC(C)COC.I. The number of rotatable bonds is 8. The van der Waals surface area contributed by atoms with Crippen molar-refractivity contribution in [3.8, 4) is 0 Å². The first-order chi connectivity index (χ1) is 10.6. The van der Waals surface area contributed by atoms with E-state index in [2.05, 4.69) is 15.6 Å². The molecule has 5 nitrogen and oxygen atoms in total. The highest BCUT2D eigenvalue weighted by Gasteiger charge is 2.07. The van der Waals surface area contributed by atoms with Gasteiger partial charge in [0.15, 0.2) is 5.96 Å². The molecule has 1 aromatic carbocycles.